The van der Waals surface area contributed by atoms with Crippen LogP contribution in [-0.2, 0) is 10.0 Å². The minimum Gasteiger partial charge on any atom is -0.345 e. The van der Waals surface area contributed by atoms with Gasteiger partial charge in [0.25, 0.3) is 0 Å². The zero-order valence-electron chi connectivity index (χ0n) is 16.0. The molecular weight excluding hydrogens is 602 g/mol. The number of aromatic nitrogens is 1. The van der Waals surface area contributed by atoms with Gasteiger partial charge in [-0.05, 0) is 56.1 Å². The van der Waals surface area contributed by atoms with E-state index in [9.17, 15) is 26.0 Å². The summed E-state index contributed by atoms with van der Waals surface area (Å²) in [5, 5.41) is 2.28. The Labute approximate surface area is 202 Å². The Kier molecular flexibility index (Phi) is 6.65. The summed E-state index contributed by atoms with van der Waals surface area (Å²) in [6, 6.07) is 4.35. The SMILES string of the molecule is O=S(=O)(c1c(F)c(Br)cc(F)c1Br)N1CCN(c2nc(-c3ccc(F)c(F)c3)cs2)CC1. The summed E-state index contributed by atoms with van der Waals surface area (Å²) >= 11 is 6.96. The fraction of sp³-hybridized carbons (Fsp3) is 0.211. The van der Waals surface area contributed by atoms with Gasteiger partial charge in [0.05, 0.1) is 14.6 Å². The van der Waals surface area contributed by atoms with Gasteiger partial charge in [0.2, 0.25) is 10.0 Å². The van der Waals surface area contributed by atoms with Crippen molar-refractivity contribution in [2.75, 3.05) is 31.1 Å². The quantitative estimate of drug-likeness (QED) is 0.292. The fourth-order valence-corrected chi connectivity index (χ4v) is 7.11. The molecule has 0 atom stereocenters. The smallest absolute Gasteiger partial charge is 0.247 e. The zero-order valence-corrected chi connectivity index (χ0v) is 20.8. The summed E-state index contributed by atoms with van der Waals surface area (Å²) in [6.07, 6.45) is 0. The van der Waals surface area contributed by atoms with Crippen molar-refractivity contribution in [1.29, 1.82) is 0 Å². The third-order valence-corrected chi connectivity index (χ3v) is 9.35. The Morgan fingerprint density at radius 1 is 0.938 bits per heavy atom. The molecule has 0 saturated carbocycles. The molecule has 0 spiro atoms. The molecule has 1 aliphatic heterocycles. The zero-order chi connectivity index (χ0) is 23.2. The van der Waals surface area contributed by atoms with E-state index in [1.165, 1.54) is 17.4 Å². The molecule has 1 aromatic heterocycles. The Hall–Kier alpha value is -1.54. The highest BCUT2D eigenvalue weighted by molar-refractivity contribution is 9.11. The molecule has 2 heterocycles. The predicted molar refractivity (Wildman–Crippen MR) is 120 cm³/mol. The molecule has 4 rings (SSSR count). The summed E-state index contributed by atoms with van der Waals surface area (Å²) < 4.78 is 81.5. The molecule has 2 aromatic carbocycles. The number of hydrogen-bond acceptors (Lipinski definition) is 5. The lowest BCUT2D eigenvalue weighted by Crippen LogP contribution is -2.48. The van der Waals surface area contributed by atoms with Gasteiger partial charge in [-0.3, -0.25) is 0 Å². The van der Waals surface area contributed by atoms with Gasteiger partial charge in [0.15, 0.2) is 22.6 Å². The molecule has 0 N–H and O–H groups in total. The van der Waals surface area contributed by atoms with Crippen LogP contribution >= 0.6 is 43.2 Å². The summed E-state index contributed by atoms with van der Waals surface area (Å²) in [5.74, 6) is -3.90. The van der Waals surface area contributed by atoms with E-state index in [-0.39, 0.29) is 30.7 Å². The molecule has 0 bridgehead atoms. The standard InChI is InChI=1S/C19H13Br2F4N3O2S2/c20-11-8-14(24)16(21)18(17(11)25)32(29,30)28-5-3-27(4-6-28)19-26-15(9-31-19)10-1-2-12(22)13(23)7-10/h1-2,7-9H,3-6H2. The van der Waals surface area contributed by atoms with E-state index in [1.54, 1.807) is 5.38 Å². The molecule has 1 fully saturated rings. The number of hydrogen-bond donors (Lipinski definition) is 0. The van der Waals surface area contributed by atoms with Crippen molar-refractivity contribution >= 4 is 58.4 Å². The van der Waals surface area contributed by atoms with Crippen LogP contribution in [0, 0.1) is 23.3 Å². The lowest BCUT2D eigenvalue weighted by molar-refractivity contribution is 0.381. The van der Waals surface area contributed by atoms with E-state index < -0.39 is 42.7 Å². The van der Waals surface area contributed by atoms with E-state index in [2.05, 4.69) is 36.8 Å². The van der Waals surface area contributed by atoms with Gasteiger partial charge in [-0.25, -0.2) is 31.0 Å². The third kappa shape index (κ3) is 4.32. The molecule has 13 heteroatoms. The predicted octanol–water partition coefficient (Wildman–Crippen LogP) is 5.40. The van der Waals surface area contributed by atoms with E-state index in [1.807, 2.05) is 4.90 Å². The van der Waals surface area contributed by atoms with Crippen molar-refractivity contribution in [1.82, 2.24) is 9.29 Å². The number of benzene rings is 2. The van der Waals surface area contributed by atoms with Crippen molar-refractivity contribution in [3.63, 3.8) is 0 Å². The topological polar surface area (TPSA) is 53.5 Å². The molecule has 0 amide bonds. The van der Waals surface area contributed by atoms with Gasteiger partial charge >= 0.3 is 0 Å². The third-order valence-electron chi connectivity index (χ3n) is 4.89. The first-order valence-electron chi connectivity index (χ1n) is 9.08. The highest BCUT2D eigenvalue weighted by Crippen LogP contribution is 2.35. The van der Waals surface area contributed by atoms with Crippen molar-refractivity contribution in [3.8, 4) is 11.3 Å². The number of nitrogens with zero attached hydrogens (tertiary/aromatic N) is 3. The minimum atomic E-state index is -4.30. The molecule has 0 radical (unpaired) electrons. The van der Waals surface area contributed by atoms with Crippen molar-refractivity contribution in [2.45, 2.75) is 4.90 Å². The first-order chi connectivity index (χ1) is 15.1. The van der Waals surface area contributed by atoms with Crippen LogP contribution in [0.2, 0.25) is 0 Å². The van der Waals surface area contributed by atoms with Gasteiger partial charge in [-0.2, -0.15) is 4.31 Å². The van der Waals surface area contributed by atoms with Gasteiger partial charge in [0.1, 0.15) is 10.7 Å². The normalized spacial score (nSPS) is 15.4. The summed E-state index contributed by atoms with van der Waals surface area (Å²) in [5.41, 5.74) is 0.888. The van der Waals surface area contributed by atoms with Crippen molar-refractivity contribution in [2.24, 2.45) is 0 Å². The molecule has 0 aliphatic carbocycles. The Bertz CT molecular complexity index is 1270. The Balaban J connectivity index is 1.52. The number of halogens is 6. The van der Waals surface area contributed by atoms with Gasteiger partial charge < -0.3 is 4.90 Å². The second-order valence-corrected chi connectivity index (χ2v) is 11.2. The molecule has 3 aromatic rings. The van der Waals surface area contributed by atoms with Crippen molar-refractivity contribution in [3.05, 3.63) is 61.9 Å². The number of anilines is 1. The maximum absolute atomic E-state index is 14.5. The first kappa shape index (κ1) is 23.6. The van der Waals surface area contributed by atoms with Gasteiger partial charge in [-0.15, -0.1) is 11.3 Å². The van der Waals surface area contributed by atoms with E-state index in [0.717, 1.165) is 22.5 Å². The molecule has 5 nitrogen and oxygen atoms in total. The average Bonchev–Trinajstić information content (AvgIpc) is 3.25. The van der Waals surface area contributed by atoms with Crippen molar-refractivity contribution < 1.29 is 26.0 Å². The second kappa shape index (κ2) is 9.01. The van der Waals surface area contributed by atoms with E-state index in [4.69, 9.17) is 0 Å². The van der Waals surface area contributed by atoms with Crippen LogP contribution in [0.3, 0.4) is 0 Å². The van der Waals surface area contributed by atoms with Crippen LogP contribution in [-0.4, -0.2) is 43.9 Å². The van der Waals surface area contributed by atoms with Crippen LogP contribution in [0.4, 0.5) is 22.7 Å². The van der Waals surface area contributed by atoms with E-state index in [0.29, 0.717) is 16.4 Å². The van der Waals surface area contributed by atoms with Crippen LogP contribution < -0.4 is 4.90 Å². The van der Waals surface area contributed by atoms with Gasteiger partial charge in [0, 0.05) is 37.1 Å². The molecule has 1 saturated heterocycles. The largest absolute Gasteiger partial charge is 0.345 e. The number of piperazine rings is 1. The maximum Gasteiger partial charge on any atom is 0.247 e. The molecule has 0 unspecified atom stereocenters. The molecule has 1 aliphatic rings. The lowest BCUT2D eigenvalue weighted by atomic mass is 10.2. The van der Waals surface area contributed by atoms with Crippen LogP contribution in [0.15, 0.2) is 43.5 Å². The highest BCUT2D eigenvalue weighted by atomic mass is 79.9. The second-order valence-electron chi connectivity index (χ2n) is 6.83. The number of rotatable bonds is 4. The minimum absolute atomic E-state index is 0.0302. The van der Waals surface area contributed by atoms with E-state index >= 15 is 0 Å². The molecule has 32 heavy (non-hydrogen) atoms. The molecular formula is C19H13Br2F4N3O2S2. The highest BCUT2D eigenvalue weighted by Gasteiger charge is 2.35. The summed E-state index contributed by atoms with van der Waals surface area (Å²) in [4.78, 5) is 5.52. The Morgan fingerprint density at radius 2 is 1.62 bits per heavy atom. The Morgan fingerprint density at radius 3 is 2.28 bits per heavy atom. The summed E-state index contributed by atoms with van der Waals surface area (Å²) in [7, 11) is -4.30. The number of sulfonamides is 1. The van der Waals surface area contributed by atoms with Crippen LogP contribution in [0.25, 0.3) is 11.3 Å². The first-order valence-corrected chi connectivity index (χ1v) is 13.0. The van der Waals surface area contributed by atoms with Gasteiger partial charge in [-0.1, -0.05) is 0 Å². The molecule has 170 valence electrons. The average molecular weight is 615 g/mol. The monoisotopic (exact) mass is 613 g/mol. The summed E-state index contributed by atoms with van der Waals surface area (Å²) in [6.45, 7) is 0.588. The van der Waals surface area contributed by atoms with Crippen LogP contribution in [0.5, 0.6) is 0 Å². The number of thiazole rings is 1. The maximum atomic E-state index is 14.5. The van der Waals surface area contributed by atoms with Crippen LogP contribution in [0.1, 0.15) is 0 Å². The fourth-order valence-electron chi connectivity index (χ4n) is 3.22. The lowest BCUT2D eigenvalue weighted by Gasteiger charge is -2.34.